The number of hydrogen-bond acceptors (Lipinski definition) is 3. The minimum atomic E-state index is -1.79. The highest BCUT2D eigenvalue weighted by Gasteiger charge is 2.43. The maximum atomic E-state index is 13.1. The van der Waals surface area contributed by atoms with Crippen LogP contribution in [-0.2, 0) is 15.1 Å². The fraction of sp³-hybridized carbons (Fsp3) is 0.409. The molecule has 1 aliphatic heterocycles. The highest BCUT2D eigenvalue weighted by molar-refractivity contribution is 5.85. The summed E-state index contributed by atoms with van der Waals surface area (Å²) in [5.74, 6) is -0.593. The van der Waals surface area contributed by atoms with Crippen LogP contribution in [0.1, 0.15) is 29.5 Å². The van der Waals surface area contributed by atoms with E-state index in [4.69, 9.17) is 4.74 Å². The fourth-order valence-corrected chi connectivity index (χ4v) is 3.47. The standard InChI is InChI=1S/C22H28NO3.HI/c1-17-9-11-19(12-10-17)22(25,18-7-5-4-6-8-18)21(24)26-20-13-15-23(2,3)16-14-20;/h4-12,20,25H,13-16H2,1-3H3;1H/q+1;/p-1. The average molecular weight is 481 g/mol. The van der Waals surface area contributed by atoms with E-state index in [0.29, 0.717) is 11.1 Å². The predicted molar refractivity (Wildman–Crippen MR) is 102 cm³/mol. The summed E-state index contributed by atoms with van der Waals surface area (Å²) in [5, 5.41) is 11.5. The van der Waals surface area contributed by atoms with Crippen LogP contribution in [0.4, 0.5) is 0 Å². The minimum absolute atomic E-state index is 0. The third-order valence-corrected chi connectivity index (χ3v) is 5.34. The number of esters is 1. The van der Waals surface area contributed by atoms with Crippen molar-refractivity contribution >= 4 is 5.97 Å². The fourth-order valence-electron chi connectivity index (χ4n) is 3.47. The number of nitrogens with zero attached hydrogens (tertiary/aromatic N) is 1. The van der Waals surface area contributed by atoms with Crippen molar-refractivity contribution in [3.05, 3.63) is 71.3 Å². The topological polar surface area (TPSA) is 46.5 Å². The van der Waals surface area contributed by atoms with Crippen LogP contribution < -0.4 is 24.0 Å². The van der Waals surface area contributed by atoms with Crippen molar-refractivity contribution in [2.75, 3.05) is 27.2 Å². The average Bonchev–Trinajstić information content (AvgIpc) is 2.64. The maximum Gasteiger partial charge on any atom is 0.347 e. The Labute approximate surface area is 178 Å². The molecule has 0 bridgehead atoms. The van der Waals surface area contributed by atoms with Crippen LogP contribution in [0.25, 0.3) is 0 Å². The second-order valence-electron chi connectivity index (χ2n) is 7.93. The van der Waals surface area contributed by atoms with Crippen molar-refractivity contribution in [3.8, 4) is 0 Å². The van der Waals surface area contributed by atoms with E-state index < -0.39 is 11.6 Å². The van der Waals surface area contributed by atoms with Gasteiger partial charge in [-0.15, -0.1) is 0 Å². The summed E-state index contributed by atoms with van der Waals surface area (Å²) in [7, 11) is 4.37. The van der Waals surface area contributed by atoms with Gasteiger partial charge in [0.15, 0.2) is 0 Å². The lowest BCUT2D eigenvalue weighted by molar-refractivity contribution is -0.896. The zero-order chi connectivity index (χ0) is 18.8. The molecule has 5 heteroatoms. The molecule has 1 fully saturated rings. The molecule has 1 atom stereocenters. The van der Waals surface area contributed by atoms with Crippen LogP contribution >= 0.6 is 0 Å². The zero-order valence-electron chi connectivity index (χ0n) is 16.2. The van der Waals surface area contributed by atoms with Gasteiger partial charge < -0.3 is 38.3 Å². The third-order valence-electron chi connectivity index (χ3n) is 5.34. The first-order valence-electron chi connectivity index (χ1n) is 9.19. The number of rotatable bonds is 4. The first kappa shape index (κ1) is 21.9. The third kappa shape index (κ3) is 4.89. The molecule has 1 heterocycles. The Morgan fingerprint density at radius 2 is 1.52 bits per heavy atom. The van der Waals surface area contributed by atoms with Gasteiger partial charge in [0.25, 0.3) is 0 Å². The van der Waals surface area contributed by atoms with Gasteiger partial charge in [0.05, 0.1) is 27.2 Å². The Balaban J connectivity index is 0.00000261. The van der Waals surface area contributed by atoms with E-state index >= 15 is 0 Å². The maximum absolute atomic E-state index is 13.1. The van der Waals surface area contributed by atoms with Gasteiger partial charge in [-0.1, -0.05) is 60.2 Å². The van der Waals surface area contributed by atoms with E-state index in [1.54, 1.807) is 24.3 Å². The van der Waals surface area contributed by atoms with Gasteiger partial charge in [0, 0.05) is 12.8 Å². The van der Waals surface area contributed by atoms with E-state index in [0.717, 1.165) is 36.0 Å². The molecule has 4 nitrogen and oxygen atoms in total. The molecule has 1 saturated heterocycles. The van der Waals surface area contributed by atoms with Crippen molar-refractivity contribution in [1.82, 2.24) is 0 Å². The predicted octanol–water partition coefficient (Wildman–Crippen LogP) is 0.0169. The molecular formula is C22H28INO3. The molecule has 0 aliphatic carbocycles. The lowest BCUT2D eigenvalue weighted by Crippen LogP contribution is -3.00. The lowest BCUT2D eigenvalue weighted by atomic mass is 9.86. The molecular weight excluding hydrogens is 453 g/mol. The molecule has 27 heavy (non-hydrogen) atoms. The van der Waals surface area contributed by atoms with Crippen LogP contribution in [0.2, 0.25) is 0 Å². The van der Waals surface area contributed by atoms with Crippen molar-refractivity contribution in [3.63, 3.8) is 0 Å². The van der Waals surface area contributed by atoms with Gasteiger partial charge >= 0.3 is 5.97 Å². The summed E-state index contributed by atoms with van der Waals surface area (Å²) in [4.78, 5) is 13.1. The second kappa shape index (κ2) is 8.71. The van der Waals surface area contributed by atoms with Crippen LogP contribution in [-0.4, -0.2) is 48.8 Å². The Bertz CT molecular complexity index is 751. The van der Waals surface area contributed by atoms with Gasteiger partial charge in [-0.05, 0) is 18.1 Å². The van der Waals surface area contributed by atoms with E-state index in [2.05, 4.69) is 14.1 Å². The Hall–Kier alpha value is -1.44. The summed E-state index contributed by atoms with van der Waals surface area (Å²) in [6.07, 6.45) is 1.49. The molecule has 3 rings (SSSR count). The van der Waals surface area contributed by atoms with Crippen molar-refractivity contribution in [2.24, 2.45) is 0 Å². The van der Waals surface area contributed by atoms with Crippen molar-refractivity contribution in [2.45, 2.75) is 31.5 Å². The Kier molecular flexibility index (Phi) is 7.05. The summed E-state index contributed by atoms with van der Waals surface area (Å²) < 4.78 is 6.73. The highest BCUT2D eigenvalue weighted by atomic mass is 127. The summed E-state index contributed by atoms with van der Waals surface area (Å²) >= 11 is 0. The van der Waals surface area contributed by atoms with Crippen LogP contribution in [0.3, 0.4) is 0 Å². The minimum Gasteiger partial charge on any atom is -1.00 e. The largest absolute Gasteiger partial charge is 1.00 e. The number of ether oxygens (including phenoxy) is 1. The van der Waals surface area contributed by atoms with Gasteiger partial charge in [0.2, 0.25) is 5.60 Å². The number of benzene rings is 2. The first-order chi connectivity index (χ1) is 12.3. The smallest absolute Gasteiger partial charge is 0.347 e. The number of halogens is 1. The second-order valence-corrected chi connectivity index (χ2v) is 7.93. The van der Waals surface area contributed by atoms with Crippen LogP contribution in [0.5, 0.6) is 0 Å². The monoisotopic (exact) mass is 481 g/mol. The van der Waals surface area contributed by atoms with Crippen LogP contribution in [0.15, 0.2) is 54.6 Å². The lowest BCUT2D eigenvalue weighted by Gasteiger charge is -2.38. The summed E-state index contributed by atoms with van der Waals surface area (Å²) in [6, 6.07) is 16.4. The molecule has 1 aliphatic rings. The molecule has 0 spiro atoms. The molecule has 0 amide bonds. The molecule has 0 radical (unpaired) electrons. The molecule has 146 valence electrons. The number of carbonyl (C=O) groups is 1. The van der Waals surface area contributed by atoms with Gasteiger partial charge in [0.1, 0.15) is 6.10 Å². The first-order valence-corrected chi connectivity index (χ1v) is 9.19. The van der Waals surface area contributed by atoms with Gasteiger partial charge in [-0.2, -0.15) is 0 Å². The Morgan fingerprint density at radius 3 is 2.07 bits per heavy atom. The van der Waals surface area contributed by atoms with Gasteiger partial charge in [-0.25, -0.2) is 4.79 Å². The van der Waals surface area contributed by atoms with E-state index in [-0.39, 0.29) is 30.1 Å². The molecule has 1 unspecified atom stereocenters. The summed E-state index contributed by atoms with van der Waals surface area (Å²) in [5.41, 5.74) is 0.341. The normalized spacial score (nSPS) is 18.8. The number of piperidine rings is 1. The Morgan fingerprint density at radius 1 is 1.00 bits per heavy atom. The van der Waals surface area contributed by atoms with E-state index in [9.17, 15) is 9.90 Å². The molecule has 2 aromatic rings. The number of aliphatic hydroxyl groups is 1. The van der Waals surface area contributed by atoms with Gasteiger partial charge in [-0.3, -0.25) is 0 Å². The number of aryl methyl sites for hydroxylation is 1. The number of quaternary nitrogens is 1. The van der Waals surface area contributed by atoms with Crippen LogP contribution in [0, 0.1) is 6.92 Å². The highest BCUT2D eigenvalue weighted by Crippen LogP contribution is 2.32. The van der Waals surface area contributed by atoms with Crippen molar-refractivity contribution < 1.29 is 43.1 Å². The number of hydrogen-bond donors (Lipinski definition) is 1. The SMILES string of the molecule is Cc1ccc(C(O)(C(=O)OC2CC[N+](C)(C)CC2)c2ccccc2)cc1.[I-]. The number of carbonyl (C=O) groups excluding carboxylic acids is 1. The van der Waals surface area contributed by atoms with Crippen molar-refractivity contribution in [1.29, 1.82) is 0 Å². The number of likely N-dealkylation sites (tertiary alicyclic amines) is 1. The quantitative estimate of drug-likeness (QED) is 0.381. The molecule has 1 N–H and O–H groups in total. The molecule has 0 saturated carbocycles. The summed E-state index contributed by atoms with van der Waals surface area (Å²) in [6.45, 7) is 3.91. The molecule has 2 aromatic carbocycles. The molecule has 0 aromatic heterocycles. The van der Waals surface area contributed by atoms with E-state index in [1.165, 1.54) is 0 Å². The zero-order valence-corrected chi connectivity index (χ0v) is 18.3. The van der Waals surface area contributed by atoms with E-state index in [1.807, 2.05) is 37.3 Å².